The van der Waals surface area contributed by atoms with Crippen molar-refractivity contribution >= 4 is 45.8 Å². The summed E-state index contributed by atoms with van der Waals surface area (Å²) in [7, 11) is 1.22. The van der Waals surface area contributed by atoms with Gasteiger partial charge in [-0.1, -0.05) is 11.6 Å². The van der Waals surface area contributed by atoms with Gasteiger partial charge in [-0.2, -0.15) is 10.5 Å². The van der Waals surface area contributed by atoms with Crippen molar-refractivity contribution in [3.63, 3.8) is 0 Å². The number of rotatable bonds is 2. The van der Waals surface area contributed by atoms with Crippen LogP contribution >= 0.6 is 34.2 Å². The number of aromatic nitrogens is 1. The Morgan fingerprint density at radius 2 is 2.09 bits per heavy atom. The van der Waals surface area contributed by atoms with Gasteiger partial charge in [0.25, 0.3) is 0 Å². The van der Waals surface area contributed by atoms with Crippen LogP contribution in [0.1, 0.15) is 21.6 Å². The van der Waals surface area contributed by atoms with E-state index in [9.17, 15) is 4.79 Å². The van der Waals surface area contributed by atoms with E-state index in [-0.39, 0.29) is 22.0 Å². The maximum Gasteiger partial charge on any atom is 0.357 e. The number of hydrogen-bond acceptors (Lipinski definition) is 5. The van der Waals surface area contributed by atoms with Crippen LogP contribution in [0.15, 0.2) is 18.3 Å². The van der Waals surface area contributed by atoms with Crippen LogP contribution in [0.3, 0.4) is 0 Å². The van der Waals surface area contributed by atoms with Crippen molar-refractivity contribution in [1.82, 2.24) is 4.57 Å². The quantitative estimate of drug-likeness (QED) is 0.587. The molecule has 0 amide bonds. The molecule has 2 rings (SSSR count). The number of anilines is 1. The standard InChI is InChI=1S/C14H8ClIN4O2/c1-22-14(21)13-11(19)8(5-18)6-20(13)12-9(15)2-7(4-17)3-10(12)16/h2-3,6H,19H2,1H3. The Morgan fingerprint density at radius 1 is 1.41 bits per heavy atom. The molecule has 22 heavy (non-hydrogen) atoms. The van der Waals surface area contributed by atoms with Gasteiger partial charge >= 0.3 is 5.97 Å². The van der Waals surface area contributed by atoms with E-state index in [1.807, 2.05) is 34.7 Å². The van der Waals surface area contributed by atoms with Crippen molar-refractivity contribution in [3.8, 4) is 17.8 Å². The summed E-state index contributed by atoms with van der Waals surface area (Å²) in [6, 6.07) is 7.00. The Kier molecular flexibility index (Phi) is 4.59. The molecule has 0 saturated heterocycles. The Balaban J connectivity index is 2.82. The van der Waals surface area contributed by atoms with Gasteiger partial charge in [0.15, 0.2) is 5.69 Å². The van der Waals surface area contributed by atoms with E-state index in [1.165, 1.54) is 23.9 Å². The summed E-state index contributed by atoms with van der Waals surface area (Å²) < 4.78 is 6.75. The number of halogens is 2. The highest BCUT2D eigenvalue weighted by Crippen LogP contribution is 2.32. The molecule has 2 aromatic rings. The molecule has 0 unspecified atom stereocenters. The minimum absolute atomic E-state index is 0.0172. The lowest BCUT2D eigenvalue weighted by Crippen LogP contribution is -2.12. The van der Waals surface area contributed by atoms with Gasteiger partial charge in [-0.25, -0.2) is 4.79 Å². The molecule has 0 aliphatic carbocycles. The number of nitriles is 2. The summed E-state index contributed by atoms with van der Waals surface area (Å²) in [6.07, 6.45) is 1.41. The molecular weight excluding hydrogens is 419 g/mol. The lowest BCUT2D eigenvalue weighted by molar-refractivity contribution is 0.0593. The van der Waals surface area contributed by atoms with Crippen LogP contribution < -0.4 is 5.73 Å². The Morgan fingerprint density at radius 3 is 2.59 bits per heavy atom. The van der Waals surface area contributed by atoms with E-state index in [0.717, 1.165) is 0 Å². The fraction of sp³-hybridized carbons (Fsp3) is 0.0714. The van der Waals surface area contributed by atoms with Crippen molar-refractivity contribution in [1.29, 1.82) is 10.5 Å². The average molecular weight is 427 g/mol. The van der Waals surface area contributed by atoms with Gasteiger partial charge in [-0.05, 0) is 34.7 Å². The van der Waals surface area contributed by atoms with E-state index in [4.69, 9.17) is 32.6 Å². The summed E-state index contributed by atoms with van der Waals surface area (Å²) in [5, 5.41) is 18.3. The van der Waals surface area contributed by atoms with Crippen LogP contribution in [0.25, 0.3) is 5.69 Å². The summed E-state index contributed by atoms with van der Waals surface area (Å²) in [5.41, 5.74) is 6.86. The zero-order chi connectivity index (χ0) is 16.4. The number of ether oxygens (including phenoxy) is 1. The second-order valence-corrected chi connectivity index (χ2v) is 5.75. The number of carbonyl (C=O) groups is 1. The SMILES string of the molecule is COC(=O)c1c(N)c(C#N)cn1-c1c(Cl)cc(C#N)cc1I. The first-order valence-corrected chi connectivity index (χ1v) is 7.29. The minimum atomic E-state index is -0.685. The third-order valence-electron chi connectivity index (χ3n) is 2.93. The molecule has 0 spiro atoms. The zero-order valence-corrected chi connectivity index (χ0v) is 14.1. The number of carbonyl (C=O) groups excluding carboxylic acids is 1. The van der Waals surface area contributed by atoms with Crippen LogP contribution in [0.2, 0.25) is 5.02 Å². The number of hydrogen-bond donors (Lipinski definition) is 1. The van der Waals surface area contributed by atoms with E-state index in [1.54, 1.807) is 6.07 Å². The number of nitrogen functional groups attached to an aromatic ring is 1. The monoisotopic (exact) mass is 426 g/mol. The molecule has 2 N–H and O–H groups in total. The molecule has 110 valence electrons. The lowest BCUT2D eigenvalue weighted by atomic mass is 10.2. The largest absolute Gasteiger partial charge is 0.464 e. The first-order chi connectivity index (χ1) is 10.4. The molecule has 0 saturated carbocycles. The number of nitrogens with zero attached hydrogens (tertiary/aromatic N) is 3. The smallest absolute Gasteiger partial charge is 0.357 e. The first kappa shape index (κ1) is 16.1. The molecule has 8 heteroatoms. The fourth-order valence-corrected chi connectivity index (χ4v) is 3.31. The van der Waals surface area contributed by atoms with Crippen LogP contribution in [0.4, 0.5) is 5.69 Å². The highest BCUT2D eigenvalue weighted by atomic mass is 127. The second-order valence-electron chi connectivity index (χ2n) is 4.18. The Bertz CT molecular complexity index is 838. The molecule has 1 heterocycles. The van der Waals surface area contributed by atoms with E-state index in [0.29, 0.717) is 14.8 Å². The molecule has 0 aliphatic rings. The Hall–Kier alpha value is -2.23. The molecule has 0 aliphatic heterocycles. The maximum atomic E-state index is 12.0. The summed E-state index contributed by atoms with van der Waals surface area (Å²) in [5.74, 6) is -0.685. The van der Waals surface area contributed by atoms with Crippen LogP contribution in [-0.2, 0) is 4.74 Å². The number of nitrogens with two attached hydrogens (primary N) is 1. The van der Waals surface area contributed by atoms with Gasteiger partial charge in [0, 0.05) is 9.77 Å². The molecule has 0 radical (unpaired) electrons. The number of esters is 1. The topological polar surface area (TPSA) is 105 Å². The second kappa shape index (κ2) is 6.26. The van der Waals surface area contributed by atoms with Crippen molar-refractivity contribution in [3.05, 3.63) is 43.7 Å². The molecule has 1 aromatic heterocycles. The van der Waals surface area contributed by atoms with E-state index in [2.05, 4.69) is 0 Å². The summed E-state index contributed by atoms with van der Waals surface area (Å²) in [6.45, 7) is 0. The third kappa shape index (κ3) is 2.61. The van der Waals surface area contributed by atoms with Crippen LogP contribution in [0, 0.1) is 26.2 Å². The third-order valence-corrected chi connectivity index (χ3v) is 4.04. The van der Waals surface area contributed by atoms with Gasteiger partial charge < -0.3 is 15.0 Å². The fourth-order valence-electron chi connectivity index (χ4n) is 1.95. The maximum absolute atomic E-state index is 12.0. The van der Waals surface area contributed by atoms with Gasteiger partial charge in [0.05, 0.1) is 40.7 Å². The summed E-state index contributed by atoms with van der Waals surface area (Å²) in [4.78, 5) is 12.0. The van der Waals surface area contributed by atoms with Gasteiger partial charge in [0.2, 0.25) is 0 Å². The minimum Gasteiger partial charge on any atom is -0.464 e. The zero-order valence-electron chi connectivity index (χ0n) is 11.2. The van der Waals surface area contributed by atoms with Gasteiger partial charge in [0.1, 0.15) is 6.07 Å². The average Bonchev–Trinajstić information content (AvgIpc) is 2.82. The molecule has 0 atom stereocenters. The van der Waals surface area contributed by atoms with E-state index < -0.39 is 5.97 Å². The predicted octanol–water partition coefficient (Wildman–Crippen LogP) is 2.85. The molecule has 6 nitrogen and oxygen atoms in total. The molecule has 1 aromatic carbocycles. The van der Waals surface area contributed by atoms with Crippen LogP contribution in [-0.4, -0.2) is 17.6 Å². The normalized spacial score (nSPS) is 9.86. The van der Waals surface area contributed by atoms with Crippen molar-refractivity contribution in [2.75, 3.05) is 12.8 Å². The Labute approximate surface area is 144 Å². The molecule has 0 fully saturated rings. The predicted molar refractivity (Wildman–Crippen MR) is 88.7 cm³/mol. The van der Waals surface area contributed by atoms with E-state index >= 15 is 0 Å². The highest BCUT2D eigenvalue weighted by molar-refractivity contribution is 14.1. The van der Waals surface area contributed by atoms with Crippen LogP contribution in [0.5, 0.6) is 0 Å². The van der Waals surface area contributed by atoms with Gasteiger partial charge in [-0.15, -0.1) is 0 Å². The van der Waals surface area contributed by atoms with Gasteiger partial charge in [-0.3, -0.25) is 0 Å². The summed E-state index contributed by atoms with van der Waals surface area (Å²) >= 11 is 8.21. The first-order valence-electron chi connectivity index (χ1n) is 5.83. The highest BCUT2D eigenvalue weighted by Gasteiger charge is 2.24. The number of benzene rings is 1. The number of methoxy groups -OCH3 is 1. The van der Waals surface area contributed by atoms with Crippen molar-refractivity contribution in [2.24, 2.45) is 0 Å². The lowest BCUT2D eigenvalue weighted by Gasteiger charge is -2.12. The van der Waals surface area contributed by atoms with Crippen molar-refractivity contribution < 1.29 is 9.53 Å². The molecular formula is C14H8ClIN4O2. The van der Waals surface area contributed by atoms with Crippen molar-refractivity contribution in [2.45, 2.75) is 0 Å². The molecule has 0 bridgehead atoms.